The maximum absolute atomic E-state index is 13.7. The van der Waals surface area contributed by atoms with Crippen LogP contribution in [0.1, 0.15) is 38.1 Å². The molecule has 3 heterocycles. The standard InChI is InChI=1S/C27H27N3O5S/c1-5-14-35-20-12-11-18(15-21(20)33-6-2)24-23(26(32)34-7-3)17(4)29-27-30(24)25(31)22(36-27)16-19-10-8-9-13-28-19/h5,8-13,15-16,24H,1,6-7,14H2,2-4H3/b22-16-/t24-/m0/s1. The van der Waals surface area contributed by atoms with Crippen LogP contribution in [0.25, 0.3) is 6.08 Å². The smallest absolute Gasteiger partial charge is 0.338 e. The lowest BCUT2D eigenvalue weighted by molar-refractivity contribution is -0.139. The summed E-state index contributed by atoms with van der Waals surface area (Å²) in [6.45, 7) is 9.98. The van der Waals surface area contributed by atoms with Crippen LogP contribution in [0.15, 0.2) is 76.3 Å². The van der Waals surface area contributed by atoms with Crippen LogP contribution in [0.2, 0.25) is 0 Å². The number of carbonyl (C=O) groups is 1. The van der Waals surface area contributed by atoms with Gasteiger partial charge in [-0.1, -0.05) is 36.1 Å². The Bertz CT molecular complexity index is 1490. The number of carbonyl (C=O) groups excluding carboxylic acids is 1. The zero-order valence-electron chi connectivity index (χ0n) is 20.4. The van der Waals surface area contributed by atoms with E-state index in [2.05, 4.69) is 16.6 Å². The summed E-state index contributed by atoms with van der Waals surface area (Å²) in [5, 5.41) is 0. The number of hydrogen-bond donors (Lipinski definition) is 0. The number of hydrogen-bond acceptors (Lipinski definition) is 8. The molecule has 186 valence electrons. The summed E-state index contributed by atoms with van der Waals surface area (Å²) < 4.78 is 18.9. The summed E-state index contributed by atoms with van der Waals surface area (Å²) in [5.41, 5.74) is 1.86. The first-order valence-electron chi connectivity index (χ1n) is 11.6. The van der Waals surface area contributed by atoms with Crippen molar-refractivity contribution < 1.29 is 19.0 Å². The maximum atomic E-state index is 13.7. The van der Waals surface area contributed by atoms with E-state index in [0.29, 0.717) is 56.6 Å². The normalized spacial score (nSPS) is 15.2. The molecule has 0 aliphatic carbocycles. The largest absolute Gasteiger partial charge is 0.490 e. The van der Waals surface area contributed by atoms with Gasteiger partial charge in [0.05, 0.1) is 40.8 Å². The average molecular weight is 506 g/mol. The minimum absolute atomic E-state index is 0.199. The van der Waals surface area contributed by atoms with Gasteiger partial charge >= 0.3 is 5.97 Å². The Balaban J connectivity index is 1.94. The zero-order valence-corrected chi connectivity index (χ0v) is 21.2. The number of rotatable bonds is 9. The van der Waals surface area contributed by atoms with Gasteiger partial charge in [-0.2, -0.15) is 0 Å². The first-order valence-corrected chi connectivity index (χ1v) is 12.4. The third kappa shape index (κ3) is 5.01. The van der Waals surface area contributed by atoms with E-state index in [1.807, 2.05) is 31.2 Å². The molecule has 0 spiro atoms. The predicted octanol–water partition coefficient (Wildman–Crippen LogP) is 3.16. The van der Waals surface area contributed by atoms with Crippen LogP contribution in [0, 0.1) is 0 Å². The minimum Gasteiger partial charge on any atom is -0.490 e. The molecule has 0 radical (unpaired) electrons. The van der Waals surface area contributed by atoms with Crippen LogP contribution in [-0.4, -0.2) is 35.3 Å². The molecule has 4 rings (SSSR count). The first-order chi connectivity index (χ1) is 17.5. The van der Waals surface area contributed by atoms with E-state index in [1.54, 1.807) is 44.3 Å². The molecule has 3 aromatic rings. The minimum atomic E-state index is -0.751. The molecule has 1 aliphatic heterocycles. The Kier molecular flexibility index (Phi) is 7.80. The van der Waals surface area contributed by atoms with Crippen LogP contribution < -0.4 is 24.4 Å². The molecule has 0 N–H and O–H groups in total. The number of aromatic nitrogens is 2. The summed E-state index contributed by atoms with van der Waals surface area (Å²) in [6, 6.07) is 10.1. The Labute approximate surface area is 212 Å². The van der Waals surface area contributed by atoms with Crippen molar-refractivity contribution in [3.05, 3.63) is 97.5 Å². The fourth-order valence-corrected chi connectivity index (χ4v) is 4.96. The van der Waals surface area contributed by atoms with E-state index in [4.69, 9.17) is 14.2 Å². The number of pyridine rings is 1. The Morgan fingerprint density at radius 2 is 2.00 bits per heavy atom. The number of thiazole rings is 1. The van der Waals surface area contributed by atoms with Gasteiger partial charge in [0.25, 0.3) is 5.56 Å². The van der Waals surface area contributed by atoms with Gasteiger partial charge in [0.1, 0.15) is 6.61 Å². The molecule has 0 bridgehead atoms. The van der Waals surface area contributed by atoms with Gasteiger partial charge < -0.3 is 14.2 Å². The average Bonchev–Trinajstić information content (AvgIpc) is 3.17. The number of allylic oxidation sites excluding steroid dienone is 1. The van der Waals surface area contributed by atoms with Gasteiger partial charge in [-0.15, -0.1) is 0 Å². The van der Waals surface area contributed by atoms with Crippen molar-refractivity contribution in [3.63, 3.8) is 0 Å². The summed E-state index contributed by atoms with van der Waals surface area (Å²) in [6.07, 6.45) is 5.04. The molecule has 0 amide bonds. The number of fused-ring (bicyclic) bond motifs is 1. The maximum Gasteiger partial charge on any atom is 0.338 e. The van der Waals surface area contributed by atoms with Crippen molar-refractivity contribution in [1.82, 2.24) is 9.55 Å². The summed E-state index contributed by atoms with van der Waals surface area (Å²) in [4.78, 5) is 36.1. The third-order valence-electron chi connectivity index (χ3n) is 5.42. The van der Waals surface area contributed by atoms with E-state index in [0.717, 1.165) is 0 Å². The highest BCUT2D eigenvalue weighted by molar-refractivity contribution is 7.07. The highest BCUT2D eigenvalue weighted by Crippen LogP contribution is 2.36. The molecule has 2 aromatic heterocycles. The van der Waals surface area contributed by atoms with Gasteiger partial charge in [0, 0.05) is 6.20 Å². The van der Waals surface area contributed by atoms with Gasteiger partial charge in [0.2, 0.25) is 0 Å². The van der Waals surface area contributed by atoms with Gasteiger partial charge in [-0.05, 0) is 56.7 Å². The van der Waals surface area contributed by atoms with Crippen molar-refractivity contribution in [3.8, 4) is 11.5 Å². The molecule has 36 heavy (non-hydrogen) atoms. The first kappa shape index (κ1) is 25.1. The Morgan fingerprint density at radius 3 is 2.69 bits per heavy atom. The van der Waals surface area contributed by atoms with Crippen molar-refractivity contribution in [2.75, 3.05) is 19.8 Å². The molecule has 1 atom stereocenters. The van der Waals surface area contributed by atoms with Crippen molar-refractivity contribution in [2.24, 2.45) is 4.99 Å². The van der Waals surface area contributed by atoms with Crippen LogP contribution in [-0.2, 0) is 9.53 Å². The van der Waals surface area contributed by atoms with E-state index < -0.39 is 12.0 Å². The monoisotopic (exact) mass is 505 g/mol. The highest BCUT2D eigenvalue weighted by atomic mass is 32.1. The quantitative estimate of drug-likeness (QED) is 0.328. The topological polar surface area (TPSA) is 92.0 Å². The van der Waals surface area contributed by atoms with Crippen LogP contribution >= 0.6 is 11.3 Å². The lowest BCUT2D eigenvalue weighted by atomic mass is 9.95. The molecular formula is C27H27N3O5S. The molecule has 1 aliphatic rings. The fourth-order valence-electron chi connectivity index (χ4n) is 3.93. The van der Waals surface area contributed by atoms with E-state index >= 15 is 0 Å². The summed E-state index contributed by atoms with van der Waals surface area (Å²) in [5.74, 6) is 0.527. The van der Waals surface area contributed by atoms with Gasteiger partial charge in [-0.25, -0.2) is 9.79 Å². The van der Waals surface area contributed by atoms with E-state index in [9.17, 15) is 9.59 Å². The second-order valence-electron chi connectivity index (χ2n) is 7.80. The zero-order chi connectivity index (χ0) is 25.7. The Morgan fingerprint density at radius 1 is 1.17 bits per heavy atom. The summed E-state index contributed by atoms with van der Waals surface area (Å²) in [7, 11) is 0. The molecule has 8 nitrogen and oxygen atoms in total. The second kappa shape index (κ2) is 11.2. The van der Waals surface area contributed by atoms with Gasteiger partial charge in [-0.3, -0.25) is 14.3 Å². The molecule has 0 saturated heterocycles. The van der Waals surface area contributed by atoms with E-state index in [-0.39, 0.29) is 12.2 Å². The number of benzene rings is 1. The molecular weight excluding hydrogens is 478 g/mol. The predicted molar refractivity (Wildman–Crippen MR) is 138 cm³/mol. The van der Waals surface area contributed by atoms with Crippen molar-refractivity contribution in [2.45, 2.75) is 26.8 Å². The summed E-state index contributed by atoms with van der Waals surface area (Å²) >= 11 is 1.25. The van der Waals surface area contributed by atoms with Crippen molar-refractivity contribution >= 4 is 23.4 Å². The van der Waals surface area contributed by atoms with Gasteiger partial charge in [0.15, 0.2) is 16.3 Å². The number of nitrogens with zero attached hydrogens (tertiary/aromatic N) is 3. The molecule has 0 saturated carbocycles. The molecule has 0 fully saturated rings. The second-order valence-corrected chi connectivity index (χ2v) is 8.80. The lowest BCUT2D eigenvalue weighted by Gasteiger charge is -2.25. The van der Waals surface area contributed by atoms with Crippen LogP contribution in [0.5, 0.6) is 11.5 Å². The van der Waals surface area contributed by atoms with E-state index in [1.165, 1.54) is 15.9 Å². The fraction of sp³-hybridized carbons (Fsp3) is 0.259. The molecule has 1 aromatic carbocycles. The molecule has 9 heteroatoms. The molecule has 0 unspecified atom stereocenters. The lowest BCUT2D eigenvalue weighted by Crippen LogP contribution is -2.40. The van der Waals surface area contributed by atoms with Crippen LogP contribution in [0.4, 0.5) is 0 Å². The highest BCUT2D eigenvalue weighted by Gasteiger charge is 2.34. The third-order valence-corrected chi connectivity index (χ3v) is 6.41. The SMILES string of the molecule is C=CCOc1ccc([C@H]2C(C(=O)OCC)=C(C)N=c3s/c(=C\c4ccccn4)c(=O)n32)cc1OCC. The number of esters is 1. The van der Waals surface area contributed by atoms with Crippen LogP contribution in [0.3, 0.4) is 0 Å². The number of ether oxygens (including phenoxy) is 3. The van der Waals surface area contributed by atoms with Crippen molar-refractivity contribution in [1.29, 1.82) is 0 Å². The Hall–Kier alpha value is -3.98.